The Balaban J connectivity index is 0.000000112. The molecule has 8 heteroatoms. The molecule has 5 heterocycles. The fourth-order valence-electron chi connectivity index (χ4n) is 17.6. The molecule has 22 aromatic rings. The average Bonchev–Trinajstić information content (AvgIpc) is 1.34. The highest BCUT2D eigenvalue weighted by atomic mass is 79.9. The number of hydrogen-bond donors (Lipinski definition) is 0. The lowest BCUT2D eigenvalue weighted by Gasteiger charge is -2.32. The monoisotopic (exact) mass is 1500 g/mol. The van der Waals surface area contributed by atoms with Crippen LogP contribution in [0.25, 0.3) is 197 Å². The molecule has 1 fully saturated rings. The van der Waals surface area contributed by atoms with E-state index in [0.29, 0.717) is 0 Å². The Kier molecular flexibility index (Phi) is 15.9. The summed E-state index contributed by atoms with van der Waals surface area (Å²) in [6.45, 7) is 8.35. The Bertz CT molecular complexity index is 7480. The standard InChI is InChI=1S/C49H30N2.C30H19Br.C25H23BN2O2/c1-2-12-34-29-36(26-23-31(34)11-1)48-40-16-6-4-14-38(40)47(39-15-5-7-17-41(39)48)33-24-21-32(22-25-33)35-27-28-45-43(30-35)37-13-3-8-18-42(37)49-50-44-19-9-10-20-46(44)51(45)49;31-24-17-15-21(16-18-24)29-25-9-3-5-11-27(25)30(28-12-6-4-10-26(28)29)23-14-13-20-7-1-2-8-22(20)19-23;1-24(2)25(3,4)30-26(29-24)16-13-14-21-19(15-16)17-9-5-6-10-18(17)23-27-20-11-7-8-12-22(20)28(21)23/h1-30H;1-19H;5-15H,1-4H3. The minimum Gasteiger partial charge on any atom is -0.399 e. The van der Waals surface area contributed by atoms with Gasteiger partial charge in [-0.05, 0) is 231 Å². The molecule has 23 rings (SSSR count). The lowest BCUT2D eigenvalue weighted by Crippen LogP contribution is -2.41. The Morgan fingerprint density at radius 3 is 0.991 bits per heavy atom. The smallest absolute Gasteiger partial charge is 0.399 e. The summed E-state index contributed by atoms with van der Waals surface area (Å²) in [5.74, 6) is 0. The summed E-state index contributed by atoms with van der Waals surface area (Å²) >= 11 is 3.58. The van der Waals surface area contributed by atoms with Crippen LogP contribution in [-0.2, 0) is 9.31 Å². The maximum Gasteiger partial charge on any atom is 0.494 e. The van der Waals surface area contributed by atoms with Crippen LogP contribution in [0.2, 0.25) is 0 Å². The van der Waals surface area contributed by atoms with Crippen molar-refractivity contribution in [3.05, 3.63) is 368 Å². The number of fused-ring (bicyclic) bond motifs is 22. The zero-order chi connectivity index (χ0) is 74.9. The van der Waals surface area contributed by atoms with E-state index in [0.717, 1.165) is 54.2 Å². The quantitative estimate of drug-likeness (QED) is 0.0946. The number of aromatic nitrogens is 4. The second-order valence-corrected chi connectivity index (χ2v) is 31.5. The molecule has 0 saturated carbocycles. The number of para-hydroxylation sites is 4. The third kappa shape index (κ3) is 11.1. The van der Waals surface area contributed by atoms with Crippen LogP contribution in [0, 0.1) is 0 Å². The molecule has 0 aliphatic carbocycles. The molecule has 1 aliphatic rings. The average molecular weight is 1500 g/mol. The van der Waals surface area contributed by atoms with Gasteiger partial charge in [0.2, 0.25) is 0 Å². The van der Waals surface area contributed by atoms with Gasteiger partial charge in [-0.1, -0.05) is 313 Å². The zero-order valence-electron chi connectivity index (χ0n) is 62.2. The van der Waals surface area contributed by atoms with Gasteiger partial charge in [0.05, 0.1) is 44.3 Å². The number of hydrogen-bond acceptors (Lipinski definition) is 4. The van der Waals surface area contributed by atoms with Crippen LogP contribution >= 0.6 is 15.9 Å². The second kappa shape index (κ2) is 26.6. The molecular weight excluding hydrogens is 1430 g/mol. The van der Waals surface area contributed by atoms with E-state index in [-0.39, 0.29) is 18.3 Å². The number of imidazole rings is 2. The van der Waals surface area contributed by atoms with Crippen molar-refractivity contribution in [3.63, 3.8) is 0 Å². The van der Waals surface area contributed by atoms with Gasteiger partial charge in [0.15, 0.2) is 0 Å². The largest absolute Gasteiger partial charge is 0.494 e. The van der Waals surface area contributed by atoms with E-state index in [9.17, 15) is 0 Å². The minimum atomic E-state index is -0.381. The first-order chi connectivity index (χ1) is 54.9. The SMILES string of the molecule is Brc1ccc(-c2c3ccccc3c(-c3ccc4ccccc4c3)c3ccccc23)cc1.CC1(C)OB(c2ccc3c(c2)c2ccccc2c2nc4ccccc4n32)OC1(C)C.c1ccc2cc(-c3c4ccccc4c(-c4ccc(-c5ccc6c(c5)c5ccccc5c5nc7ccccc7n65)cc4)c4ccccc34)ccc2c1. The van der Waals surface area contributed by atoms with Gasteiger partial charge in [0, 0.05) is 26.0 Å². The summed E-state index contributed by atoms with van der Waals surface area (Å²) < 4.78 is 18.3. The lowest BCUT2D eigenvalue weighted by atomic mass is 9.78. The molecule has 1 aliphatic heterocycles. The van der Waals surface area contributed by atoms with E-state index >= 15 is 0 Å². The van der Waals surface area contributed by atoms with E-state index in [4.69, 9.17) is 19.3 Å². The van der Waals surface area contributed by atoms with Crippen molar-refractivity contribution in [3.8, 4) is 55.6 Å². The maximum atomic E-state index is 6.31. The molecule has 0 N–H and O–H groups in total. The first-order valence-electron chi connectivity index (χ1n) is 38.5. The van der Waals surface area contributed by atoms with Crippen LogP contribution in [0.5, 0.6) is 0 Å². The molecule has 6 nitrogen and oxygen atoms in total. The summed E-state index contributed by atoms with van der Waals surface area (Å²) in [6.07, 6.45) is 0. The molecule has 0 radical (unpaired) electrons. The van der Waals surface area contributed by atoms with Gasteiger partial charge in [-0.25, -0.2) is 9.97 Å². The maximum absolute atomic E-state index is 6.31. The molecule has 1 saturated heterocycles. The highest BCUT2D eigenvalue weighted by molar-refractivity contribution is 9.10. The van der Waals surface area contributed by atoms with E-state index < -0.39 is 0 Å². The van der Waals surface area contributed by atoms with E-state index in [1.165, 1.54) is 153 Å². The number of nitrogens with zero attached hydrogens (tertiary/aromatic N) is 4. The zero-order valence-corrected chi connectivity index (χ0v) is 63.8. The Hall–Kier alpha value is -13.1. The van der Waals surface area contributed by atoms with Gasteiger partial charge in [-0.3, -0.25) is 8.80 Å². The van der Waals surface area contributed by atoms with Crippen molar-refractivity contribution in [1.82, 2.24) is 18.8 Å². The van der Waals surface area contributed by atoms with Gasteiger partial charge < -0.3 is 9.31 Å². The van der Waals surface area contributed by atoms with Crippen molar-refractivity contribution in [2.75, 3.05) is 0 Å². The van der Waals surface area contributed by atoms with Crippen molar-refractivity contribution in [2.45, 2.75) is 38.9 Å². The molecular formula is C104H72BBrN4O2. The second-order valence-electron chi connectivity index (χ2n) is 30.6. The normalized spacial score (nSPS) is 13.5. The van der Waals surface area contributed by atoms with Crippen LogP contribution in [-0.4, -0.2) is 37.1 Å². The third-order valence-electron chi connectivity index (χ3n) is 23.6. The van der Waals surface area contributed by atoms with Crippen LogP contribution in [0.1, 0.15) is 27.7 Å². The molecule has 4 aromatic heterocycles. The van der Waals surface area contributed by atoms with Crippen molar-refractivity contribution >= 4 is 170 Å². The van der Waals surface area contributed by atoms with E-state index in [1.54, 1.807) is 0 Å². The lowest BCUT2D eigenvalue weighted by molar-refractivity contribution is 0.00578. The van der Waals surface area contributed by atoms with E-state index in [1.807, 2.05) is 6.07 Å². The predicted octanol–water partition coefficient (Wildman–Crippen LogP) is 27.6. The van der Waals surface area contributed by atoms with Gasteiger partial charge in [0.25, 0.3) is 0 Å². The molecule has 18 aromatic carbocycles. The van der Waals surface area contributed by atoms with Crippen LogP contribution in [0.15, 0.2) is 368 Å². The summed E-state index contributed by atoms with van der Waals surface area (Å²) in [5.41, 5.74) is 21.4. The summed E-state index contributed by atoms with van der Waals surface area (Å²) in [6, 6.07) is 131. The van der Waals surface area contributed by atoms with Crippen LogP contribution in [0.3, 0.4) is 0 Å². The molecule has 112 heavy (non-hydrogen) atoms. The van der Waals surface area contributed by atoms with Crippen molar-refractivity contribution < 1.29 is 9.31 Å². The van der Waals surface area contributed by atoms with Crippen molar-refractivity contribution in [2.24, 2.45) is 0 Å². The third-order valence-corrected chi connectivity index (χ3v) is 24.2. The molecule has 0 bridgehead atoms. The Morgan fingerprint density at radius 1 is 0.250 bits per heavy atom. The van der Waals surface area contributed by atoms with Gasteiger partial charge in [-0.2, -0.15) is 0 Å². The van der Waals surface area contributed by atoms with Gasteiger partial charge in [-0.15, -0.1) is 0 Å². The van der Waals surface area contributed by atoms with Crippen molar-refractivity contribution in [1.29, 1.82) is 0 Å². The number of rotatable bonds is 6. The Labute approximate surface area is 656 Å². The molecule has 0 spiro atoms. The first-order valence-corrected chi connectivity index (χ1v) is 39.3. The van der Waals surface area contributed by atoms with Gasteiger partial charge >= 0.3 is 7.12 Å². The minimum absolute atomic E-state index is 0.362. The highest BCUT2D eigenvalue weighted by Gasteiger charge is 2.52. The Morgan fingerprint density at radius 2 is 0.562 bits per heavy atom. The van der Waals surface area contributed by atoms with Crippen LogP contribution < -0.4 is 5.46 Å². The number of benzene rings is 18. The summed E-state index contributed by atoms with van der Waals surface area (Å²) in [5, 5.41) is 22.4. The molecule has 530 valence electrons. The molecule has 0 unspecified atom stereocenters. The topological polar surface area (TPSA) is 53.1 Å². The van der Waals surface area contributed by atoms with Gasteiger partial charge in [0.1, 0.15) is 11.3 Å². The van der Waals surface area contributed by atoms with E-state index in [2.05, 4.69) is 410 Å². The fourth-order valence-corrected chi connectivity index (χ4v) is 17.8. The number of halogens is 1. The number of pyridine rings is 2. The molecule has 0 amide bonds. The first kappa shape index (κ1) is 67.1. The highest BCUT2D eigenvalue weighted by Crippen LogP contribution is 2.48. The summed E-state index contributed by atoms with van der Waals surface area (Å²) in [4.78, 5) is 10.00. The summed E-state index contributed by atoms with van der Waals surface area (Å²) in [7, 11) is -0.381. The predicted molar refractivity (Wildman–Crippen MR) is 477 cm³/mol. The fraction of sp³-hybridized carbons (Fsp3) is 0.0577. The van der Waals surface area contributed by atoms with Crippen LogP contribution in [0.4, 0.5) is 0 Å². The molecule has 0 atom stereocenters.